The number of hydrogen-bond donors (Lipinski definition) is 1. The summed E-state index contributed by atoms with van der Waals surface area (Å²) in [5.41, 5.74) is 2.35. The number of nitrogens with one attached hydrogen (secondary N) is 1. The van der Waals surface area contributed by atoms with Crippen molar-refractivity contribution in [1.29, 1.82) is 0 Å². The number of fused-ring (bicyclic) bond motifs is 1. The molecule has 0 saturated heterocycles. The average molecular weight is 462 g/mol. The SMILES string of the molecule is O=C(CCCn1c(SCc2cccc(F)c2)nc2ccccc2c1=O)NCc1ccccc1. The summed E-state index contributed by atoms with van der Waals surface area (Å²) in [5, 5.41) is 4.02. The minimum Gasteiger partial charge on any atom is -0.352 e. The molecule has 0 aliphatic heterocycles. The van der Waals surface area contributed by atoms with Crippen LogP contribution in [0.1, 0.15) is 24.0 Å². The summed E-state index contributed by atoms with van der Waals surface area (Å²) in [5.74, 6) is 0.133. The molecule has 7 heteroatoms. The molecule has 3 aromatic carbocycles. The highest BCUT2D eigenvalue weighted by atomic mass is 32.2. The largest absolute Gasteiger partial charge is 0.352 e. The quantitative estimate of drug-likeness (QED) is 0.284. The van der Waals surface area contributed by atoms with Gasteiger partial charge in [-0.15, -0.1) is 0 Å². The molecule has 0 aliphatic carbocycles. The van der Waals surface area contributed by atoms with E-state index in [1.807, 2.05) is 54.6 Å². The lowest BCUT2D eigenvalue weighted by Gasteiger charge is -2.13. The number of thioether (sulfide) groups is 1. The predicted molar refractivity (Wildman–Crippen MR) is 129 cm³/mol. The zero-order valence-corrected chi connectivity index (χ0v) is 18.9. The van der Waals surface area contributed by atoms with Gasteiger partial charge in [0.1, 0.15) is 5.82 Å². The third-order valence-electron chi connectivity index (χ3n) is 5.20. The maximum absolute atomic E-state index is 13.5. The van der Waals surface area contributed by atoms with Gasteiger partial charge in [-0.2, -0.15) is 0 Å². The van der Waals surface area contributed by atoms with Crippen LogP contribution in [-0.2, 0) is 23.6 Å². The number of halogens is 1. The zero-order chi connectivity index (χ0) is 23.0. The molecule has 0 aliphatic rings. The van der Waals surface area contributed by atoms with Gasteiger partial charge in [0, 0.05) is 25.3 Å². The van der Waals surface area contributed by atoms with Crippen molar-refractivity contribution in [1.82, 2.24) is 14.9 Å². The van der Waals surface area contributed by atoms with Gasteiger partial charge in [0.25, 0.3) is 5.56 Å². The number of para-hydroxylation sites is 1. The number of hydrogen-bond acceptors (Lipinski definition) is 4. The summed E-state index contributed by atoms with van der Waals surface area (Å²) in [6.45, 7) is 0.854. The van der Waals surface area contributed by atoms with E-state index in [4.69, 9.17) is 0 Å². The van der Waals surface area contributed by atoms with E-state index in [2.05, 4.69) is 10.3 Å². The van der Waals surface area contributed by atoms with E-state index in [0.29, 0.717) is 47.7 Å². The molecular formula is C26H24FN3O2S. The average Bonchev–Trinajstić information content (AvgIpc) is 2.84. The first-order chi connectivity index (χ1) is 16.1. The summed E-state index contributed by atoms with van der Waals surface area (Å²) < 4.78 is 15.2. The molecule has 4 rings (SSSR count). The van der Waals surface area contributed by atoms with Gasteiger partial charge < -0.3 is 5.32 Å². The first-order valence-corrected chi connectivity index (χ1v) is 11.8. The molecular weight excluding hydrogens is 437 g/mol. The lowest BCUT2D eigenvalue weighted by molar-refractivity contribution is -0.121. The van der Waals surface area contributed by atoms with Crippen molar-refractivity contribution in [3.8, 4) is 0 Å². The second-order valence-corrected chi connectivity index (χ2v) is 8.60. The van der Waals surface area contributed by atoms with Crippen LogP contribution in [0.2, 0.25) is 0 Å². The van der Waals surface area contributed by atoms with E-state index in [0.717, 1.165) is 11.1 Å². The minimum absolute atomic E-state index is 0.0605. The monoisotopic (exact) mass is 461 g/mol. The molecule has 5 nitrogen and oxygen atoms in total. The number of aromatic nitrogens is 2. The maximum Gasteiger partial charge on any atom is 0.262 e. The summed E-state index contributed by atoms with van der Waals surface area (Å²) in [6.07, 6.45) is 0.814. The molecule has 0 saturated carbocycles. The Morgan fingerprint density at radius 2 is 1.73 bits per heavy atom. The molecule has 1 heterocycles. The van der Waals surface area contributed by atoms with Crippen molar-refractivity contribution < 1.29 is 9.18 Å². The molecule has 0 fully saturated rings. The molecule has 0 spiro atoms. The van der Waals surface area contributed by atoms with E-state index in [1.165, 1.54) is 23.9 Å². The van der Waals surface area contributed by atoms with E-state index in [1.54, 1.807) is 16.7 Å². The summed E-state index contributed by atoms with van der Waals surface area (Å²) in [4.78, 5) is 30.1. The van der Waals surface area contributed by atoms with Crippen molar-refractivity contribution in [2.24, 2.45) is 0 Å². The Morgan fingerprint density at radius 3 is 2.55 bits per heavy atom. The first kappa shape index (κ1) is 22.7. The topological polar surface area (TPSA) is 64.0 Å². The van der Waals surface area contributed by atoms with Crippen LogP contribution >= 0.6 is 11.8 Å². The maximum atomic E-state index is 13.5. The van der Waals surface area contributed by atoms with Crippen LogP contribution in [0.5, 0.6) is 0 Å². The van der Waals surface area contributed by atoms with E-state index < -0.39 is 0 Å². The van der Waals surface area contributed by atoms with Crippen molar-refractivity contribution in [2.45, 2.75) is 36.8 Å². The fourth-order valence-electron chi connectivity index (χ4n) is 3.51. The third kappa shape index (κ3) is 6.08. The van der Waals surface area contributed by atoms with E-state index >= 15 is 0 Å². The Kier molecular flexibility index (Phi) is 7.52. The number of rotatable bonds is 9. The molecule has 4 aromatic rings. The number of carbonyl (C=O) groups is 1. The normalized spacial score (nSPS) is 10.9. The molecule has 1 aromatic heterocycles. The van der Waals surface area contributed by atoms with Crippen molar-refractivity contribution in [2.75, 3.05) is 0 Å². The van der Waals surface area contributed by atoms with Crippen molar-refractivity contribution in [3.05, 3.63) is 106 Å². The first-order valence-electron chi connectivity index (χ1n) is 10.8. The van der Waals surface area contributed by atoms with Crippen LogP contribution in [0, 0.1) is 5.82 Å². The lowest BCUT2D eigenvalue weighted by Crippen LogP contribution is -2.26. The van der Waals surface area contributed by atoms with Gasteiger partial charge in [-0.25, -0.2) is 9.37 Å². The number of nitrogens with zero attached hydrogens (tertiary/aromatic N) is 2. The van der Waals surface area contributed by atoms with Gasteiger partial charge in [-0.05, 0) is 41.8 Å². The molecule has 168 valence electrons. The van der Waals surface area contributed by atoms with Gasteiger partial charge in [-0.3, -0.25) is 14.2 Å². The molecule has 0 unspecified atom stereocenters. The van der Waals surface area contributed by atoms with Crippen LogP contribution in [0.4, 0.5) is 4.39 Å². The van der Waals surface area contributed by atoms with Crippen LogP contribution in [-0.4, -0.2) is 15.5 Å². The smallest absolute Gasteiger partial charge is 0.262 e. The fraction of sp³-hybridized carbons (Fsp3) is 0.192. The number of benzene rings is 3. The van der Waals surface area contributed by atoms with Crippen LogP contribution in [0.15, 0.2) is 88.8 Å². The molecule has 0 radical (unpaired) electrons. The molecule has 1 amide bonds. The predicted octanol–water partition coefficient (Wildman–Crippen LogP) is 4.92. The number of amides is 1. The molecule has 1 N–H and O–H groups in total. The van der Waals surface area contributed by atoms with Gasteiger partial charge in [0.2, 0.25) is 5.91 Å². The van der Waals surface area contributed by atoms with Crippen molar-refractivity contribution in [3.63, 3.8) is 0 Å². The third-order valence-corrected chi connectivity index (χ3v) is 6.25. The standard InChI is InChI=1S/C26H24FN3O2S/c27-21-11-6-10-20(16-21)18-33-26-29-23-13-5-4-12-22(23)25(32)30(26)15-7-14-24(31)28-17-19-8-2-1-3-9-19/h1-6,8-13,16H,7,14-15,17-18H2,(H,28,31). The Labute approximate surface area is 195 Å². The summed E-state index contributed by atoms with van der Waals surface area (Å²) in [7, 11) is 0. The Bertz CT molecular complexity index is 1310. The summed E-state index contributed by atoms with van der Waals surface area (Å²) in [6, 6.07) is 23.3. The van der Waals surface area contributed by atoms with Gasteiger partial charge in [0.15, 0.2) is 5.16 Å². The molecule has 33 heavy (non-hydrogen) atoms. The van der Waals surface area contributed by atoms with Crippen molar-refractivity contribution >= 4 is 28.6 Å². The van der Waals surface area contributed by atoms with Crippen LogP contribution < -0.4 is 10.9 Å². The zero-order valence-electron chi connectivity index (χ0n) is 18.0. The molecule has 0 bridgehead atoms. The Balaban J connectivity index is 1.45. The van der Waals surface area contributed by atoms with E-state index in [9.17, 15) is 14.0 Å². The Morgan fingerprint density at radius 1 is 0.970 bits per heavy atom. The second-order valence-electron chi connectivity index (χ2n) is 7.65. The van der Waals surface area contributed by atoms with Crippen LogP contribution in [0.3, 0.4) is 0 Å². The second kappa shape index (κ2) is 10.9. The van der Waals surface area contributed by atoms with Crippen LogP contribution in [0.25, 0.3) is 10.9 Å². The Hall–Kier alpha value is -3.45. The van der Waals surface area contributed by atoms with Gasteiger partial charge in [0.05, 0.1) is 10.9 Å². The van der Waals surface area contributed by atoms with E-state index in [-0.39, 0.29) is 17.3 Å². The highest BCUT2D eigenvalue weighted by molar-refractivity contribution is 7.98. The highest BCUT2D eigenvalue weighted by Crippen LogP contribution is 2.23. The minimum atomic E-state index is -0.293. The number of carbonyl (C=O) groups excluding carboxylic acids is 1. The highest BCUT2D eigenvalue weighted by Gasteiger charge is 2.12. The van der Waals surface area contributed by atoms with Gasteiger partial charge >= 0.3 is 0 Å². The lowest BCUT2D eigenvalue weighted by atomic mass is 10.2. The fourth-order valence-corrected chi connectivity index (χ4v) is 4.48. The summed E-state index contributed by atoms with van der Waals surface area (Å²) >= 11 is 1.39. The molecule has 0 atom stereocenters. The van der Waals surface area contributed by atoms with Gasteiger partial charge in [-0.1, -0.05) is 66.4 Å².